The Morgan fingerprint density at radius 1 is 1.12 bits per heavy atom. The molecule has 6 nitrogen and oxygen atoms in total. The second-order valence-corrected chi connectivity index (χ2v) is 5.43. The molecular formula is C19H25IN4O2. The Labute approximate surface area is 171 Å². The van der Waals surface area contributed by atoms with Crippen molar-refractivity contribution >= 4 is 41.5 Å². The summed E-state index contributed by atoms with van der Waals surface area (Å²) in [6.07, 6.45) is 1.24. The van der Waals surface area contributed by atoms with E-state index < -0.39 is 0 Å². The molecule has 0 unspecified atom stereocenters. The van der Waals surface area contributed by atoms with Gasteiger partial charge < -0.3 is 21.1 Å². The van der Waals surface area contributed by atoms with Crippen LogP contribution in [0.1, 0.15) is 19.8 Å². The molecule has 2 aromatic rings. The molecule has 0 fully saturated rings. The lowest BCUT2D eigenvalue weighted by molar-refractivity contribution is -0.120. The molecular weight excluding hydrogens is 443 g/mol. The van der Waals surface area contributed by atoms with Crippen molar-refractivity contribution in [1.29, 1.82) is 0 Å². The van der Waals surface area contributed by atoms with Crippen LogP contribution in [0.4, 0.5) is 5.69 Å². The van der Waals surface area contributed by atoms with Crippen molar-refractivity contribution in [1.82, 2.24) is 5.32 Å². The first kappa shape index (κ1) is 21.8. The van der Waals surface area contributed by atoms with Gasteiger partial charge in [0.25, 0.3) is 0 Å². The Bertz CT molecular complexity index is 708. The number of rotatable bonds is 8. The lowest BCUT2D eigenvalue weighted by Crippen LogP contribution is -2.26. The fourth-order valence-corrected chi connectivity index (χ4v) is 2.08. The van der Waals surface area contributed by atoms with Gasteiger partial charge in [-0.2, -0.15) is 0 Å². The minimum atomic E-state index is -0.0170. The van der Waals surface area contributed by atoms with Crippen LogP contribution in [0.25, 0.3) is 0 Å². The summed E-state index contributed by atoms with van der Waals surface area (Å²) in [6.45, 7) is 3.04. The smallest absolute Gasteiger partial charge is 0.221 e. The average Bonchev–Trinajstić information content (AvgIpc) is 2.61. The van der Waals surface area contributed by atoms with E-state index in [9.17, 15) is 4.79 Å². The molecule has 0 radical (unpaired) electrons. The Kier molecular flexibility index (Phi) is 10.1. The van der Waals surface area contributed by atoms with Crippen molar-refractivity contribution in [3.63, 3.8) is 0 Å². The van der Waals surface area contributed by atoms with Gasteiger partial charge in [0.15, 0.2) is 5.96 Å². The van der Waals surface area contributed by atoms with Gasteiger partial charge in [0.2, 0.25) is 5.91 Å². The van der Waals surface area contributed by atoms with E-state index in [1.54, 1.807) is 0 Å². The molecule has 26 heavy (non-hydrogen) atoms. The summed E-state index contributed by atoms with van der Waals surface area (Å²) in [4.78, 5) is 15.7. The quantitative estimate of drug-likeness (QED) is 0.313. The van der Waals surface area contributed by atoms with Crippen LogP contribution in [0.5, 0.6) is 11.5 Å². The molecule has 2 aromatic carbocycles. The molecule has 0 spiro atoms. The molecule has 4 N–H and O–H groups in total. The van der Waals surface area contributed by atoms with Crippen LogP contribution >= 0.6 is 24.0 Å². The van der Waals surface area contributed by atoms with E-state index in [-0.39, 0.29) is 35.8 Å². The average molecular weight is 468 g/mol. The van der Waals surface area contributed by atoms with Crippen molar-refractivity contribution in [3.8, 4) is 11.5 Å². The highest BCUT2D eigenvalue weighted by Crippen LogP contribution is 2.23. The maximum absolute atomic E-state index is 11.5. The molecule has 0 aliphatic heterocycles. The van der Waals surface area contributed by atoms with Crippen LogP contribution in [0.3, 0.4) is 0 Å². The van der Waals surface area contributed by atoms with Gasteiger partial charge in [0.1, 0.15) is 11.5 Å². The van der Waals surface area contributed by atoms with Gasteiger partial charge in [-0.15, -0.1) is 24.0 Å². The first-order chi connectivity index (χ1) is 12.2. The third-order valence-corrected chi connectivity index (χ3v) is 3.28. The van der Waals surface area contributed by atoms with Gasteiger partial charge >= 0.3 is 0 Å². The number of halogens is 1. The van der Waals surface area contributed by atoms with E-state index in [2.05, 4.69) is 15.6 Å². The van der Waals surface area contributed by atoms with E-state index in [0.29, 0.717) is 25.3 Å². The number of nitrogens with zero attached hydrogens (tertiary/aromatic N) is 1. The highest BCUT2D eigenvalue weighted by Gasteiger charge is 2.02. The zero-order valence-corrected chi connectivity index (χ0v) is 17.1. The predicted molar refractivity (Wildman–Crippen MR) is 116 cm³/mol. The van der Waals surface area contributed by atoms with E-state index in [1.165, 1.54) is 0 Å². The molecule has 0 atom stereocenters. The van der Waals surface area contributed by atoms with Crippen molar-refractivity contribution in [3.05, 3.63) is 54.6 Å². The fourth-order valence-electron chi connectivity index (χ4n) is 2.08. The Morgan fingerprint density at radius 2 is 1.85 bits per heavy atom. The molecule has 0 saturated heterocycles. The van der Waals surface area contributed by atoms with Crippen LogP contribution in [-0.4, -0.2) is 25.0 Å². The third-order valence-electron chi connectivity index (χ3n) is 3.28. The molecule has 0 aromatic heterocycles. The fraction of sp³-hybridized carbons (Fsp3) is 0.263. The lowest BCUT2D eigenvalue weighted by Gasteiger charge is -2.09. The summed E-state index contributed by atoms with van der Waals surface area (Å²) in [7, 11) is 0. The van der Waals surface area contributed by atoms with Crippen molar-refractivity contribution in [2.75, 3.05) is 18.4 Å². The van der Waals surface area contributed by atoms with E-state index in [1.807, 2.05) is 61.5 Å². The lowest BCUT2D eigenvalue weighted by atomic mass is 10.3. The number of carbonyl (C=O) groups is 1. The number of nitrogens with two attached hydrogens (primary N) is 1. The summed E-state index contributed by atoms with van der Waals surface area (Å²) >= 11 is 0. The Morgan fingerprint density at radius 3 is 2.58 bits per heavy atom. The second-order valence-electron chi connectivity index (χ2n) is 5.43. The van der Waals surface area contributed by atoms with E-state index >= 15 is 0 Å². The molecule has 0 saturated carbocycles. The summed E-state index contributed by atoms with van der Waals surface area (Å²) in [6, 6.07) is 17.0. The number of ether oxygens (including phenoxy) is 1. The highest BCUT2D eigenvalue weighted by atomic mass is 127. The molecule has 0 heterocycles. The van der Waals surface area contributed by atoms with Crippen LogP contribution in [-0.2, 0) is 4.79 Å². The van der Waals surface area contributed by atoms with Gasteiger partial charge in [-0.05, 0) is 30.7 Å². The number of nitrogens with one attached hydrogen (secondary N) is 2. The number of carbonyl (C=O) groups excluding carboxylic acids is 1. The monoisotopic (exact) mass is 468 g/mol. The standard InChI is InChI=1S/C19H24N4O2.HI/c1-2-12-21-18(24)11-13-22-19(20)23-15-7-6-10-17(14-15)25-16-8-4-3-5-9-16;/h3-10,14H,2,11-13H2,1H3,(H,21,24)(H3,20,22,23);1H. The van der Waals surface area contributed by atoms with Crippen LogP contribution in [0.2, 0.25) is 0 Å². The number of hydrogen-bond donors (Lipinski definition) is 3. The number of para-hydroxylation sites is 1. The molecule has 0 aliphatic carbocycles. The maximum Gasteiger partial charge on any atom is 0.221 e. The summed E-state index contributed by atoms with van der Waals surface area (Å²) in [5.41, 5.74) is 6.63. The number of benzene rings is 2. The van der Waals surface area contributed by atoms with Crippen LogP contribution in [0.15, 0.2) is 59.6 Å². The molecule has 0 bridgehead atoms. The number of amides is 1. The van der Waals surface area contributed by atoms with Gasteiger partial charge in [-0.25, -0.2) is 0 Å². The number of aliphatic imine (C=N–C) groups is 1. The largest absolute Gasteiger partial charge is 0.457 e. The SMILES string of the molecule is CCCNC(=O)CCN=C(N)Nc1cccc(Oc2ccccc2)c1.I. The van der Waals surface area contributed by atoms with E-state index in [0.717, 1.165) is 17.9 Å². The van der Waals surface area contributed by atoms with Gasteiger partial charge in [-0.1, -0.05) is 31.2 Å². The minimum Gasteiger partial charge on any atom is -0.457 e. The van der Waals surface area contributed by atoms with E-state index in [4.69, 9.17) is 10.5 Å². The predicted octanol–water partition coefficient (Wildman–Crippen LogP) is 3.74. The Balaban J connectivity index is 0.00000338. The molecule has 140 valence electrons. The van der Waals surface area contributed by atoms with Crippen LogP contribution < -0.4 is 21.1 Å². The van der Waals surface area contributed by atoms with Gasteiger partial charge in [0, 0.05) is 24.7 Å². The number of hydrogen-bond acceptors (Lipinski definition) is 3. The molecule has 2 rings (SSSR count). The zero-order chi connectivity index (χ0) is 17.9. The summed E-state index contributed by atoms with van der Waals surface area (Å²) < 4.78 is 5.78. The van der Waals surface area contributed by atoms with Crippen LogP contribution in [0, 0.1) is 0 Å². The molecule has 1 amide bonds. The zero-order valence-electron chi connectivity index (χ0n) is 14.8. The summed E-state index contributed by atoms with van der Waals surface area (Å²) in [5, 5.41) is 5.80. The summed E-state index contributed by atoms with van der Waals surface area (Å²) in [5.74, 6) is 1.71. The highest BCUT2D eigenvalue weighted by molar-refractivity contribution is 14.0. The van der Waals surface area contributed by atoms with Crippen molar-refractivity contribution in [2.24, 2.45) is 10.7 Å². The third kappa shape index (κ3) is 8.19. The maximum atomic E-state index is 11.5. The second kappa shape index (κ2) is 12.1. The van der Waals surface area contributed by atoms with Gasteiger partial charge in [-0.3, -0.25) is 9.79 Å². The Hall–Kier alpha value is -2.29. The molecule has 0 aliphatic rings. The van der Waals surface area contributed by atoms with Gasteiger partial charge in [0.05, 0.1) is 6.54 Å². The number of anilines is 1. The first-order valence-electron chi connectivity index (χ1n) is 8.34. The number of guanidine groups is 1. The normalized spacial score (nSPS) is 10.6. The molecule has 7 heteroatoms. The van der Waals surface area contributed by atoms with Crippen molar-refractivity contribution < 1.29 is 9.53 Å². The topological polar surface area (TPSA) is 88.7 Å². The van der Waals surface area contributed by atoms with Crippen molar-refractivity contribution in [2.45, 2.75) is 19.8 Å². The first-order valence-corrected chi connectivity index (χ1v) is 8.34. The minimum absolute atomic E-state index is 0.